The molecule has 0 amide bonds. The third-order valence-electron chi connectivity index (χ3n) is 5.90. The van der Waals surface area contributed by atoms with Crippen LogP contribution >= 0.6 is 0 Å². The monoisotopic (exact) mass is 429 g/mol. The van der Waals surface area contributed by atoms with Gasteiger partial charge in [-0.1, -0.05) is 49.3 Å². The fraction of sp³-hybridized carbons (Fsp3) is 0.640. The lowest BCUT2D eigenvalue weighted by atomic mass is 9.98. The molecule has 1 atom stereocenters. The van der Waals surface area contributed by atoms with Crippen molar-refractivity contribution in [3.05, 3.63) is 35.9 Å². The molecule has 0 bridgehead atoms. The van der Waals surface area contributed by atoms with Crippen molar-refractivity contribution in [2.24, 2.45) is 5.92 Å². The van der Waals surface area contributed by atoms with E-state index in [0.29, 0.717) is 19.7 Å². The number of nitrogens with zero attached hydrogens (tertiary/aromatic N) is 3. The summed E-state index contributed by atoms with van der Waals surface area (Å²) in [6.07, 6.45) is 2.95. The molecule has 31 heavy (non-hydrogen) atoms. The average molecular weight is 430 g/mol. The predicted octanol–water partition coefficient (Wildman–Crippen LogP) is 4.58. The summed E-state index contributed by atoms with van der Waals surface area (Å²) < 4.78 is 11.6. The highest BCUT2D eigenvalue weighted by molar-refractivity contribution is 5.68. The van der Waals surface area contributed by atoms with Gasteiger partial charge in [-0.3, -0.25) is 4.90 Å². The average Bonchev–Trinajstić information content (AvgIpc) is 3.17. The van der Waals surface area contributed by atoms with E-state index in [-0.39, 0.29) is 6.10 Å². The maximum atomic E-state index is 10.5. The van der Waals surface area contributed by atoms with E-state index >= 15 is 0 Å². The maximum absolute atomic E-state index is 10.5. The molecule has 0 spiro atoms. The molecule has 1 aliphatic heterocycles. The summed E-state index contributed by atoms with van der Waals surface area (Å²) in [5.41, 5.74) is 3.09. The summed E-state index contributed by atoms with van der Waals surface area (Å²) in [4.78, 5) is 4.64. The number of aliphatic hydroxyl groups is 1. The van der Waals surface area contributed by atoms with Crippen LogP contribution in [0.5, 0.6) is 0 Å². The first kappa shape index (κ1) is 23.8. The Morgan fingerprint density at radius 3 is 2.58 bits per heavy atom. The highest BCUT2D eigenvalue weighted by Gasteiger charge is 2.27. The summed E-state index contributed by atoms with van der Waals surface area (Å²) in [5, 5.41) is 15.0. The smallest absolute Gasteiger partial charge is 0.232 e. The van der Waals surface area contributed by atoms with Crippen LogP contribution < -0.4 is 4.90 Å². The van der Waals surface area contributed by atoms with E-state index in [1.807, 2.05) is 32.0 Å². The van der Waals surface area contributed by atoms with Gasteiger partial charge < -0.3 is 19.3 Å². The van der Waals surface area contributed by atoms with Crippen molar-refractivity contribution >= 4 is 5.88 Å². The molecule has 6 nitrogen and oxygen atoms in total. The molecule has 2 heterocycles. The van der Waals surface area contributed by atoms with Crippen LogP contribution in [0.1, 0.15) is 52.5 Å². The van der Waals surface area contributed by atoms with E-state index in [4.69, 9.17) is 9.26 Å². The fourth-order valence-electron chi connectivity index (χ4n) is 4.16. The minimum Gasteiger partial charge on any atom is -0.389 e. The van der Waals surface area contributed by atoms with Crippen LogP contribution in [-0.4, -0.2) is 60.2 Å². The molecule has 1 N–H and O–H groups in total. The highest BCUT2D eigenvalue weighted by atomic mass is 16.5. The second-order valence-corrected chi connectivity index (χ2v) is 9.12. The number of benzene rings is 1. The number of rotatable bonds is 11. The van der Waals surface area contributed by atoms with Crippen LogP contribution in [0.15, 0.2) is 34.9 Å². The van der Waals surface area contributed by atoms with Crippen molar-refractivity contribution in [3.8, 4) is 11.3 Å². The molecule has 3 rings (SSSR count). The Hall–Kier alpha value is -1.89. The van der Waals surface area contributed by atoms with E-state index in [1.165, 1.54) is 12.8 Å². The molecule has 1 fully saturated rings. The second kappa shape index (κ2) is 11.7. The van der Waals surface area contributed by atoms with Gasteiger partial charge >= 0.3 is 0 Å². The van der Waals surface area contributed by atoms with Crippen LogP contribution in [0.4, 0.5) is 5.88 Å². The van der Waals surface area contributed by atoms with Crippen LogP contribution in [0.2, 0.25) is 0 Å². The first-order chi connectivity index (χ1) is 15.0. The molecule has 1 saturated heterocycles. The predicted molar refractivity (Wildman–Crippen MR) is 125 cm³/mol. The fourth-order valence-corrected chi connectivity index (χ4v) is 4.16. The Morgan fingerprint density at radius 1 is 1.23 bits per heavy atom. The summed E-state index contributed by atoms with van der Waals surface area (Å²) in [6, 6.07) is 10.3. The molecular formula is C25H39N3O3. The number of aliphatic hydroxyl groups excluding tert-OH is 1. The summed E-state index contributed by atoms with van der Waals surface area (Å²) in [5.74, 6) is 1.64. The van der Waals surface area contributed by atoms with Crippen LogP contribution in [0, 0.1) is 5.92 Å². The quantitative estimate of drug-likeness (QED) is 0.564. The van der Waals surface area contributed by atoms with Gasteiger partial charge in [0.2, 0.25) is 5.88 Å². The molecule has 1 aromatic carbocycles. The summed E-state index contributed by atoms with van der Waals surface area (Å²) >= 11 is 0. The molecular weight excluding hydrogens is 390 g/mol. The van der Waals surface area contributed by atoms with E-state index in [0.717, 1.165) is 54.7 Å². The Balaban J connectivity index is 1.84. The number of hydrogen-bond acceptors (Lipinski definition) is 6. The van der Waals surface area contributed by atoms with Gasteiger partial charge in [-0.25, -0.2) is 0 Å². The third-order valence-corrected chi connectivity index (χ3v) is 5.90. The molecule has 172 valence electrons. The number of aromatic nitrogens is 1. The normalized spacial score (nSPS) is 16.4. The molecule has 0 unspecified atom stereocenters. The summed E-state index contributed by atoms with van der Waals surface area (Å²) in [6.45, 7) is 13.0. The van der Waals surface area contributed by atoms with Gasteiger partial charge in [-0.05, 0) is 45.6 Å². The van der Waals surface area contributed by atoms with Crippen molar-refractivity contribution in [2.75, 3.05) is 37.7 Å². The molecule has 1 aromatic heterocycles. The zero-order valence-corrected chi connectivity index (χ0v) is 19.6. The highest BCUT2D eigenvalue weighted by Crippen LogP contribution is 2.34. The summed E-state index contributed by atoms with van der Waals surface area (Å²) in [7, 11) is 0. The number of ether oxygens (including phenoxy) is 1. The Bertz CT molecular complexity index is 770. The van der Waals surface area contributed by atoms with E-state index in [1.54, 1.807) is 0 Å². The third kappa shape index (κ3) is 6.79. The lowest BCUT2D eigenvalue weighted by molar-refractivity contribution is -0.00948. The first-order valence-electron chi connectivity index (χ1n) is 11.8. The largest absolute Gasteiger partial charge is 0.389 e. The topological polar surface area (TPSA) is 62.0 Å². The van der Waals surface area contributed by atoms with E-state index in [9.17, 15) is 5.11 Å². The molecule has 2 aromatic rings. The number of hydrogen-bond donors (Lipinski definition) is 1. The minimum absolute atomic E-state index is 0.116. The van der Waals surface area contributed by atoms with Gasteiger partial charge in [0.05, 0.1) is 24.4 Å². The van der Waals surface area contributed by atoms with Gasteiger partial charge in [0, 0.05) is 31.7 Å². The van der Waals surface area contributed by atoms with Crippen LogP contribution in [0.3, 0.4) is 0 Å². The molecule has 6 heteroatoms. The van der Waals surface area contributed by atoms with Crippen LogP contribution in [-0.2, 0) is 11.3 Å². The number of anilines is 1. The zero-order chi connectivity index (χ0) is 22.2. The van der Waals surface area contributed by atoms with Gasteiger partial charge in [-0.2, -0.15) is 0 Å². The van der Waals surface area contributed by atoms with Gasteiger partial charge in [0.1, 0.15) is 5.69 Å². The van der Waals surface area contributed by atoms with Gasteiger partial charge in [0.15, 0.2) is 0 Å². The van der Waals surface area contributed by atoms with Crippen molar-refractivity contribution in [1.29, 1.82) is 0 Å². The SMILES string of the molecule is CCCN(Cc1c(-c2ccccc2)noc1N1CCC(C)CC1)C[C@@H](O)COC(C)C. The van der Waals surface area contributed by atoms with E-state index in [2.05, 4.69) is 40.9 Å². The first-order valence-corrected chi connectivity index (χ1v) is 11.8. The van der Waals surface area contributed by atoms with E-state index < -0.39 is 6.10 Å². The minimum atomic E-state index is -0.520. The standard InChI is InChI=1S/C25H39N3O3/c1-5-13-27(16-22(29)18-30-19(2)3)17-23-24(21-9-7-6-8-10-21)26-31-25(23)28-14-11-20(4)12-15-28/h6-10,19-20,22,29H,5,11-18H2,1-4H3/t22-/m1/s1. The van der Waals surface area contributed by atoms with Crippen molar-refractivity contribution in [1.82, 2.24) is 10.1 Å². The Labute approximate surface area is 187 Å². The maximum Gasteiger partial charge on any atom is 0.232 e. The lowest BCUT2D eigenvalue weighted by Crippen LogP contribution is -2.37. The zero-order valence-electron chi connectivity index (χ0n) is 19.6. The molecule has 0 saturated carbocycles. The van der Waals surface area contributed by atoms with Crippen molar-refractivity contribution < 1.29 is 14.4 Å². The van der Waals surface area contributed by atoms with Gasteiger partial charge in [-0.15, -0.1) is 0 Å². The number of piperidine rings is 1. The molecule has 0 radical (unpaired) electrons. The van der Waals surface area contributed by atoms with Crippen molar-refractivity contribution in [3.63, 3.8) is 0 Å². The van der Waals surface area contributed by atoms with Crippen molar-refractivity contribution in [2.45, 2.75) is 65.7 Å². The Kier molecular flexibility index (Phi) is 8.93. The Morgan fingerprint density at radius 2 is 1.94 bits per heavy atom. The second-order valence-electron chi connectivity index (χ2n) is 9.12. The molecule has 1 aliphatic rings. The lowest BCUT2D eigenvalue weighted by Gasteiger charge is -2.31. The molecule has 0 aliphatic carbocycles. The van der Waals surface area contributed by atoms with Crippen LogP contribution in [0.25, 0.3) is 11.3 Å². The van der Waals surface area contributed by atoms with Gasteiger partial charge in [0.25, 0.3) is 0 Å².